The number of hydrogen-bond acceptors (Lipinski definition) is 6. The van der Waals surface area contributed by atoms with Crippen LogP contribution >= 0.6 is 0 Å². The quantitative estimate of drug-likeness (QED) is 0.679. The van der Waals surface area contributed by atoms with Crippen LogP contribution in [0.4, 0.5) is 0 Å². The number of amides is 1. The maximum absolute atomic E-state index is 11.8. The minimum Gasteiger partial charge on any atom is -0.493 e. The minimum absolute atomic E-state index is 0.0738. The van der Waals surface area contributed by atoms with Crippen LogP contribution in [0.15, 0.2) is 18.2 Å². The average molecular weight is 351 g/mol. The molecule has 2 rings (SSSR count). The van der Waals surface area contributed by atoms with E-state index in [1.165, 1.54) is 0 Å². The summed E-state index contributed by atoms with van der Waals surface area (Å²) in [5, 5.41) is 2.71. The molecule has 0 bridgehead atoms. The van der Waals surface area contributed by atoms with Crippen molar-refractivity contribution in [3.8, 4) is 11.5 Å². The maximum Gasteiger partial charge on any atom is 0.306 e. The smallest absolute Gasteiger partial charge is 0.306 e. The molecule has 7 heteroatoms. The van der Waals surface area contributed by atoms with Crippen molar-refractivity contribution in [2.24, 2.45) is 0 Å². The van der Waals surface area contributed by atoms with Crippen LogP contribution in [0.2, 0.25) is 0 Å². The zero-order chi connectivity index (χ0) is 18.1. The Bertz CT molecular complexity index is 583. The van der Waals surface area contributed by atoms with Gasteiger partial charge in [-0.25, -0.2) is 0 Å². The third-order valence-electron chi connectivity index (χ3n) is 3.98. The summed E-state index contributed by atoms with van der Waals surface area (Å²) in [6.07, 6.45) is 2.73. The number of carbonyl (C=O) groups excluding carboxylic acids is 2. The van der Waals surface area contributed by atoms with Gasteiger partial charge in [0.1, 0.15) is 0 Å². The van der Waals surface area contributed by atoms with Crippen molar-refractivity contribution < 1.29 is 28.5 Å². The Hall–Kier alpha value is -2.28. The predicted octanol–water partition coefficient (Wildman–Crippen LogP) is 1.47. The minimum atomic E-state index is -0.415. The van der Waals surface area contributed by atoms with E-state index in [0.717, 1.165) is 25.0 Å². The lowest BCUT2D eigenvalue weighted by Gasteiger charge is -2.11. The third kappa shape index (κ3) is 6.26. The third-order valence-corrected chi connectivity index (χ3v) is 3.98. The molecular formula is C18H25NO6. The Morgan fingerprint density at radius 2 is 2.04 bits per heavy atom. The molecule has 1 aliphatic rings. The van der Waals surface area contributed by atoms with Crippen molar-refractivity contribution in [1.82, 2.24) is 5.32 Å². The van der Waals surface area contributed by atoms with Gasteiger partial charge in [-0.2, -0.15) is 0 Å². The Kier molecular flexibility index (Phi) is 7.53. The largest absolute Gasteiger partial charge is 0.493 e. The lowest BCUT2D eigenvalue weighted by molar-refractivity contribution is -0.148. The van der Waals surface area contributed by atoms with Gasteiger partial charge in [0, 0.05) is 19.6 Å². The van der Waals surface area contributed by atoms with E-state index in [2.05, 4.69) is 5.32 Å². The molecule has 0 aliphatic carbocycles. The summed E-state index contributed by atoms with van der Waals surface area (Å²) in [6.45, 7) is 0.936. The van der Waals surface area contributed by atoms with Gasteiger partial charge in [0.05, 0.1) is 20.3 Å². The molecule has 7 nitrogen and oxygen atoms in total. The molecule has 1 aliphatic heterocycles. The number of carbonyl (C=O) groups is 2. The molecule has 25 heavy (non-hydrogen) atoms. The number of methoxy groups -OCH3 is 2. The highest BCUT2D eigenvalue weighted by atomic mass is 16.5. The van der Waals surface area contributed by atoms with Crippen LogP contribution in [0.3, 0.4) is 0 Å². The number of esters is 1. The first-order valence-electron chi connectivity index (χ1n) is 8.37. The molecule has 0 saturated carbocycles. The predicted molar refractivity (Wildman–Crippen MR) is 90.8 cm³/mol. The van der Waals surface area contributed by atoms with Crippen molar-refractivity contribution >= 4 is 11.9 Å². The van der Waals surface area contributed by atoms with Gasteiger partial charge < -0.3 is 24.3 Å². The molecule has 1 aromatic rings. The van der Waals surface area contributed by atoms with Crippen LogP contribution in [0.1, 0.15) is 24.8 Å². The van der Waals surface area contributed by atoms with E-state index >= 15 is 0 Å². The second-order valence-corrected chi connectivity index (χ2v) is 5.79. The molecule has 138 valence electrons. The molecule has 0 unspecified atom stereocenters. The van der Waals surface area contributed by atoms with Gasteiger partial charge >= 0.3 is 5.97 Å². The number of ether oxygens (including phenoxy) is 4. The monoisotopic (exact) mass is 351 g/mol. The summed E-state index contributed by atoms with van der Waals surface area (Å²) in [5.41, 5.74) is 0.928. The Morgan fingerprint density at radius 3 is 2.72 bits per heavy atom. The van der Waals surface area contributed by atoms with Gasteiger partial charge in [0.15, 0.2) is 18.1 Å². The standard InChI is InChI=1S/C18H25NO6/c1-22-15-7-5-13(10-16(15)23-2)6-8-18(21)25-12-17(20)19-11-14-4-3-9-24-14/h5,7,10,14H,3-4,6,8-9,11-12H2,1-2H3,(H,19,20)/t14-/m0/s1. The van der Waals surface area contributed by atoms with E-state index in [4.69, 9.17) is 18.9 Å². The van der Waals surface area contributed by atoms with E-state index in [1.54, 1.807) is 20.3 Å². The van der Waals surface area contributed by atoms with E-state index in [-0.39, 0.29) is 25.0 Å². The lowest BCUT2D eigenvalue weighted by Crippen LogP contribution is -2.34. The first kappa shape index (κ1) is 19.1. The molecule has 0 radical (unpaired) electrons. The summed E-state index contributed by atoms with van der Waals surface area (Å²) < 4.78 is 20.8. The Labute approximate surface area is 147 Å². The molecule has 1 saturated heterocycles. The summed E-state index contributed by atoms with van der Waals surface area (Å²) in [7, 11) is 3.13. The average Bonchev–Trinajstić information content (AvgIpc) is 3.16. The van der Waals surface area contributed by atoms with E-state index in [9.17, 15) is 9.59 Å². The second-order valence-electron chi connectivity index (χ2n) is 5.79. The maximum atomic E-state index is 11.8. The summed E-state index contributed by atoms with van der Waals surface area (Å²) in [6, 6.07) is 5.47. The number of aryl methyl sites for hydroxylation is 1. The first-order chi connectivity index (χ1) is 12.1. The molecule has 1 N–H and O–H groups in total. The number of rotatable bonds is 9. The molecule has 1 aromatic carbocycles. The normalized spacial score (nSPS) is 16.3. The van der Waals surface area contributed by atoms with Gasteiger partial charge in [-0.3, -0.25) is 9.59 Å². The topological polar surface area (TPSA) is 83.1 Å². The van der Waals surface area contributed by atoms with Gasteiger partial charge in [-0.1, -0.05) is 6.07 Å². The van der Waals surface area contributed by atoms with Gasteiger partial charge in [-0.15, -0.1) is 0 Å². The number of benzene rings is 1. The summed E-state index contributed by atoms with van der Waals surface area (Å²) >= 11 is 0. The van der Waals surface area contributed by atoms with Crippen molar-refractivity contribution in [2.45, 2.75) is 31.8 Å². The van der Waals surface area contributed by atoms with Crippen LogP contribution in [-0.2, 0) is 25.5 Å². The zero-order valence-electron chi connectivity index (χ0n) is 14.7. The van der Waals surface area contributed by atoms with E-state index < -0.39 is 5.97 Å². The first-order valence-corrected chi connectivity index (χ1v) is 8.37. The Balaban J connectivity index is 1.67. The highest BCUT2D eigenvalue weighted by Gasteiger charge is 2.16. The number of hydrogen-bond donors (Lipinski definition) is 1. The SMILES string of the molecule is COc1ccc(CCC(=O)OCC(=O)NC[C@@H]2CCCO2)cc1OC. The highest BCUT2D eigenvalue weighted by Crippen LogP contribution is 2.27. The van der Waals surface area contributed by atoms with Gasteiger partial charge in [0.25, 0.3) is 5.91 Å². The van der Waals surface area contributed by atoms with Crippen LogP contribution in [-0.4, -0.2) is 52.0 Å². The lowest BCUT2D eigenvalue weighted by atomic mass is 10.1. The molecule has 1 amide bonds. The van der Waals surface area contributed by atoms with E-state index in [1.807, 2.05) is 12.1 Å². The second kappa shape index (κ2) is 9.88. The van der Waals surface area contributed by atoms with Gasteiger partial charge in [-0.05, 0) is 37.0 Å². The van der Waals surface area contributed by atoms with Crippen LogP contribution < -0.4 is 14.8 Å². The molecule has 0 aromatic heterocycles. The van der Waals surface area contributed by atoms with Crippen molar-refractivity contribution in [1.29, 1.82) is 0 Å². The summed E-state index contributed by atoms with van der Waals surface area (Å²) in [5.74, 6) is 0.524. The van der Waals surface area contributed by atoms with Crippen molar-refractivity contribution in [3.05, 3.63) is 23.8 Å². The molecule has 1 heterocycles. The summed E-state index contributed by atoms with van der Waals surface area (Å²) in [4.78, 5) is 23.4. The highest BCUT2D eigenvalue weighted by molar-refractivity contribution is 5.80. The molecular weight excluding hydrogens is 326 g/mol. The molecule has 1 atom stereocenters. The van der Waals surface area contributed by atoms with E-state index in [0.29, 0.717) is 24.5 Å². The molecule has 1 fully saturated rings. The van der Waals surface area contributed by atoms with Crippen molar-refractivity contribution in [3.63, 3.8) is 0 Å². The fourth-order valence-electron chi connectivity index (χ4n) is 2.58. The fraction of sp³-hybridized carbons (Fsp3) is 0.556. The van der Waals surface area contributed by atoms with Crippen LogP contribution in [0.25, 0.3) is 0 Å². The molecule has 0 spiro atoms. The van der Waals surface area contributed by atoms with Gasteiger partial charge in [0.2, 0.25) is 0 Å². The zero-order valence-corrected chi connectivity index (χ0v) is 14.7. The van der Waals surface area contributed by atoms with Crippen LogP contribution in [0, 0.1) is 0 Å². The van der Waals surface area contributed by atoms with Crippen molar-refractivity contribution in [2.75, 3.05) is 34.0 Å². The fourth-order valence-corrected chi connectivity index (χ4v) is 2.58. The number of nitrogens with one attached hydrogen (secondary N) is 1. The van der Waals surface area contributed by atoms with Crippen LogP contribution in [0.5, 0.6) is 11.5 Å². The Morgan fingerprint density at radius 1 is 1.24 bits per heavy atom.